The Kier molecular flexibility index (Phi) is 2.49. The lowest BCUT2D eigenvalue weighted by Gasteiger charge is -2.20. The molecule has 2 aliphatic heterocycles. The summed E-state index contributed by atoms with van der Waals surface area (Å²) < 4.78 is 10.9. The number of amides is 1. The number of nitrogens with zero attached hydrogens (tertiary/aromatic N) is 1. The normalized spacial score (nSPS) is 31.0. The third kappa shape index (κ3) is 1.91. The van der Waals surface area contributed by atoms with Crippen LogP contribution in [-0.2, 0) is 14.3 Å². The smallest absolute Gasteiger partial charge is 0.254 e. The van der Waals surface area contributed by atoms with Crippen LogP contribution >= 0.6 is 0 Å². The molecular weight excluding hydrogens is 182 g/mol. The van der Waals surface area contributed by atoms with Crippen LogP contribution in [0.3, 0.4) is 0 Å². The second-order valence-electron chi connectivity index (χ2n) is 4.35. The lowest BCUT2D eigenvalue weighted by atomic mass is 10.3. The number of hydrogen-bond acceptors (Lipinski definition) is 3. The van der Waals surface area contributed by atoms with Crippen LogP contribution in [-0.4, -0.2) is 42.4 Å². The van der Waals surface area contributed by atoms with Gasteiger partial charge in [-0.3, -0.25) is 4.79 Å². The van der Waals surface area contributed by atoms with Crippen LogP contribution in [0.2, 0.25) is 0 Å². The average Bonchev–Trinajstić information content (AvgIpc) is 2.72. The Hall–Kier alpha value is -0.610. The van der Waals surface area contributed by atoms with Gasteiger partial charge in [0.15, 0.2) is 11.9 Å². The van der Waals surface area contributed by atoms with E-state index in [1.54, 1.807) is 0 Å². The molecule has 0 saturated carbocycles. The number of carbonyl (C=O) groups is 1. The SMILES string of the molecule is CC1(C)OCC(C(=O)N2CCCC2)O1. The third-order valence-electron chi connectivity index (χ3n) is 2.70. The van der Waals surface area contributed by atoms with Crippen LogP contribution in [0, 0.1) is 0 Å². The molecule has 80 valence electrons. The van der Waals surface area contributed by atoms with Crippen molar-refractivity contribution < 1.29 is 14.3 Å². The Morgan fingerprint density at radius 1 is 1.36 bits per heavy atom. The number of rotatable bonds is 1. The molecule has 2 heterocycles. The van der Waals surface area contributed by atoms with E-state index >= 15 is 0 Å². The van der Waals surface area contributed by atoms with Crippen LogP contribution < -0.4 is 0 Å². The minimum Gasteiger partial charge on any atom is -0.347 e. The molecule has 0 N–H and O–H groups in total. The lowest BCUT2D eigenvalue weighted by molar-refractivity contribution is -0.159. The predicted molar refractivity (Wildman–Crippen MR) is 50.7 cm³/mol. The van der Waals surface area contributed by atoms with Gasteiger partial charge in [-0.2, -0.15) is 0 Å². The zero-order valence-electron chi connectivity index (χ0n) is 8.78. The summed E-state index contributed by atoms with van der Waals surface area (Å²) in [6, 6.07) is 0. The molecule has 14 heavy (non-hydrogen) atoms. The van der Waals surface area contributed by atoms with Gasteiger partial charge < -0.3 is 14.4 Å². The fourth-order valence-electron chi connectivity index (χ4n) is 1.95. The van der Waals surface area contributed by atoms with Crippen molar-refractivity contribution in [1.29, 1.82) is 0 Å². The van der Waals surface area contributed by atoms with Crippen LogP contribution in [0.1, 0.15) is 26.7 Å². The summed E-state index contributed by atoms with van der Waals surface area (Å²) in [5.74, 6) is -0.506. The maximum Gasteiger partial charge on any atom is 0.254 e. The maximum atomic E-state index is 11.9. The number of carbonyl (C=O) groups excluding carboxylic acids is 1. The van der Waals surface area contributed by atoms with Gasteiger partial charge in [0.1, 0.15) is 0 Å². The van der Waals surface area contributed by atoms with Gasteiger partial charge in [-0.25, -0.2) is 0 Å². The fourth-order valence-corrected chi connectivity index (χ4v) is 1.95. The van der Waals surface area contributed by atoms with Crippen molar-refractivity contribution in [3.8, 4) is 0 Å². The highest BCUT2D eigenvalue weighted by Crippen LogP contribution is 2.24. The highest BCUT2D eigenvalue weighted by Gasteiger charge is 2.39. The first kappa shape index (κ1) is 9.93. The van der Waals surface area contributed by atoms with Crippen LogP contribution in [0.25, 0.3) is 0 Å². The highest BCUT2D eigenvalue weighted by atomic mass is 16.7. The van der Waals surface area contributed by atoms with Crippen molar-refractivity contribution >= 4 is 5.91 Å². The van der Waals surface area contributed by atoms with E-state index < -0.39 is 5.79 Å². The van der Waals surface area contributed by atoms with Gasteiger partial charge in [0.2, 0.25) is 0 Å². The summed E-state index contributed by atoms with van der Waals surface area (Å²) in [7, 11) is 0. The first-order chi connectivity index (χ1) is 6.58. The van der Waals surface area contributed by atoms with Gasteiger partial charge in [-0.15, -0.1) is 0 Å². The molecule has 1 amide bonds. The Morgan fingerprint density at radius 3 is 2.50 bits per heavy atom. The minimum absolute atomic E-state index is 0.0908. The Labute approximate surface area is 84.2 Å². The van der Waals surface area contributed by atoms with Crippen LogP contribution in [0.4, 0.5) is 0 Å². The first-order valence-corrected chi connectivity index (χ1v) is 5.19. The van der Waals surface area contributed by atoms with E-state index in [0.717, 1.165) is 25.9 Å². The monoisotopic (exact) mass is 199 g/mol. The molecule has 0 spiro atoms. The summed E-state index contributed by atoms with van der Waals surface area (Å²) in [6.07, 6.45) is 1.84. The second kappa shape index (κ2) is 3.51. The highest BCUT2D eigenvalue weighted by molar-refractivity contribution is 5.81. The number of likely N-dealkylation sites (tertiary alicyclic amines) is 1. The van der Waals surface area contributed by atoms with Gasteiger partial charge in [0, 0.05) is 13.1 Å². The topological polar surface area (TPSA) is 38.8 Å². The first-order valence-electron chi connectivity index (χ1n) is 5.19. The number of hydrogen-bond donors (Lipinski definition) is 0. The zero-order valence-corrected chi connectivity index (χ0v) is 8.78. The van der Waals surface area contributed by atoms with Crippen molar-refractivity contribution in [3.63, 3.8) is 0 Å². The molecule has 2 fully saturated rings. The van der Waals surface area contributed by atoms with E-state index in [0.29, 0.717) is 6.61 Å². The summed E-state index contributed by atoms with van der Waals surface area (Å²) in [4.78, 5) is 13.7. The zero-order chi connectivity index (χ0) is 10.2. The van der Waals surface area contributed by atoms with Gasteiger partial charge >= 0.3 is 0 Å². The molecule has 2 aliphatic rings. The molecule has 0 aromatic carbocycles. The van der Waals surface area contributed by atoms with E-state index in [-0.39, 0.29) is 12.0 Å². The van der Waals surface area contributed by atoms with Gasteiger partial charge in [-0.1, -0.05) is 0 Å². The van der Waals surface area contributed by atoms with E-state index in [1.807, 2.05) is 18.7 Å². The Balaban J connectivity index is 1.92. The van der Waals surface area contributed by atoms with Gasteiger partial charge in [0.25, 0.3) is 5.91 Å². The van der Waals surface area contributed by atoms with E-state index in [2.05, 4.69) is 0 Å². The molecule has 1 atom stereocenters. The molecule has 1 unspecified atom stereocenters. The Bertz CT molecular complexity index is 234. The quantitative estimate of drug-likeness (QED) is 0.626. The molecular formula is C10H17NO3. The molecule has 0 aromatic rings. The third-order valence-corrected chi connectivity index (χ3v) is 2.70. The largest absolute Gasteiger partial charge is 0.347 e. The van der Waals surface area contributed by atoms with E-state index in [1.165, 1.54) is 0 Å². The Morgan fingerprint density at radius 2 is 2.00 bits per heavy atom. The molecule has 4 nitrogen and oxygen atoms in total. The van der Waals surface area contributed by atoms with Crippen molar-refractivity contribution in [3.05, 3.63) is 0 Å². The standard InChI is InChI=1S/C10H17NO3/c1-10(2)13-7-8(14-10)9(12)11-5-3-4-6-11/h8H,3-7H2,1-2H3. The summed E-state index contributed by atoms with van der Waals surface area (Å²) in [5, 5.41) is 0. The van der Waals surface area contributed by atoms with Crippen molar-refractivity contribution in [2.45, 2.75) is 38.6 Å². The van der Waals surface area contributed by atoms with Crippen molar-refractivity contribution in [2.75, 3.05) is 19.7 Å². The lowest BCUT2D eigenvalue weighted by Crippen LogP contribution is -2.39. The van der Waals surface area contributed by atoms with E-state index in [9.17, 15) is 4.79 Å². The molecule has 0 bridgehead atoms. The van der Waals surface area contributed by atoms with Gasteiger partial charge in [-0.05, 0) is 26.7 Å². The van der Waals surface area contributed by atoms with Crippen molar-refractivity contribution in [2.24, 2.45) is 0 Å². The maximum absolute atomic E-state index is 11.9. The number of ether oxygens (including phenoxy) is 2. The van der Waals surface area contributed by atoms with Crippen molar-refractivity contribution in [1.82, 2.24) is 4.90 Å². The summed E-state index contributed by atoms with van der Waals surface area (Å²) in [5.41, 5.74) is 0. The minimum atomic E-state index is -0.597. The summed E-state index contributed by atoms with van der Waals surface area (Å²) >= 11 is 0. The fraction of sp³-hybridized carbons (Fsp3) is 0.900. The molecule has 0 aliphatic carbocycles. The molecule has 0 aromatic heterocycles. The molecule has 4 heteroatoms. The molecule has 0 radical (unpaired) electrons. The molecule has 2 saturated heterocycles. The van der Waals surface area contributed by atoms with Gasteiger partial charge in [0.05, 0.1) is 6.61 Å². The molecule has 2 rings (SSSR count). The summed E-state index contributed by atoms with van der Waals surface area (Å²) in [6.45, 7) is 5.81. The predicted octanol–water partition coefficient (Wildman–Crippen LogP) is 0.760. The second-order valence-corrected chi connectivity index (χ2v) is 4.35. The van der Waals surface area contributed by atoms with Crippen LogP contribution in [0.5, 0.6) is 0 Å². The average molecular weight is 199 g/mol. The van der Waals surface area contributed by atoms with Crippen LogP contribution in [0.15, 0.2) is 0 Å². The van der Waals surface area contributed by atoms with E-state index in [4.69, 9.17) is 9.47 Å².